The molecule has 0 bridgehead atoms. The highest BCUT2D eigenvalue weighted by Gasteiger charge is 2.49. The van der Waals surface area contributed by atoms with E-state index in [-0.39, 0.29) is 18.3 Å². The van der Waals surface area contributed by atoms with Gasteiger partial charge in [-0.2, -0.15) is 4.98 Å². The van der Waals surface area contributed by atoms with Gasteiger partial charge in [0.05, 0.1) is 6.26 Å². The Balaban J connectivity index is 1.58. The van der Waals surface area contributed by atoms with Crippen molar-refractivity contribution in [2.45, 2.75) is 19.0 Å². The van der Waals surface area contributed by atoms with Crippen molar-refractivity contribution in [3.05, 3.63) is 58.6 Å². The molecule has 3 heterocycles. The van der Waals surface area contributed by atoms with Gasteiger partial charge in [-0.25, -0.2) is 4.79 Å². The Morgan fingerprint density at radius 2 is 2.12 bits per heavy atom. The Kier molecular flexibility index (Phi) is 3.87. The van der Waals surface area contributed by atoms with Gasteiger partial charge >= 0.3 is 6.03 Å². The molecule has 1 N–H and O–H groups in total. The molecule has 9 heteroatoms. The first-order valence-corrected chi connectivity index (χ1v) is 8.53. The normalized spacial score (nSPS) is 19.8. The summed E-state index contributed by atoms with van der Waals surface area (Å²) in [5, 5.41) is 6.54. The zero-order chi connectivity index (χ0) is 18.3. The van der Waals surface area contributed by atoms with Crippen molar-refractivity contribution in [2.75, 3.05) is 0 Å². The van der Waals surface area contributed by atoms with Crippen LogP contribution in [-0.2, 0) is 16.9 Å². The fourth-order valence-electron chi connectivity index (χ4n) is 2.80. The Labute approximate surface area is 156 Å². The van der Waals surface area contributed by atoms with Gasteiger partial charge in [-0.3, -0.25) is 9.69 Å². The van der Waals surface area contributed by atoms with E-state index in [9.17, 15) is 9.59 Å². The van der Waals surface area contributed by atoms with E-state index in [1.54, 1.807) is 37.3 Å². The van der Waals surface area contributed by atoms with E-state index in [4.69, 9.17) is 8.94 Å². The minimum absolute atomic E-state index is 0.123. The first-order valence-electron chi connectivity index (χ1n) is 7.74. The summed E-state index contributed by atoms with van der Waals surface area (Å²) in [4.78, 5) is 30.5. The van der Waals surface area contributed by atoms with Crippen LogP contribution in [0.1, 0.15) is 18.4 Å². The van der Waals surface area contributed by atoms with E-state index in [1.807, 2.05) is 6.07 Å². The lowest BCUT2D eigenvalue weighted by Crippen LogP contribution is -2.40. The number of aromatic nitrogens is 2. The van der Waals surface area contributed by atoms with Crippen LogP contribution in [0, 0.1) is 0 Å². The zero-order valence-electron chi connectivity index (χ0n) is 13.6. The van der Waals surface area contributed by atoms with E-state index >= 15 is 0 Å². The highest BCUT2D eigenvalue weighted by atomic mass is 79.9. The molecule has 0 aliphatic carbocycles. The van der Waals surface area contributed by atoms with Gasteiger partial charge in [0, 0.05) is 4.47 Å². The number of imide groups is 1. The molecule has 3 aromatic rings. The van der Waals surface area contributed by atoms with Gasteiger partial charge in [-0.1, -0.05) is 33.2 Å². The van der Waals surface area contributed by atoms with Crippen LogP contribution >= 0.6 is 15.9 Å². The zero-order valence-corrected chi connectivity index (χ0v) is 15.2. The Bertz CT molecular complexity index is 984. The number of furan rings is 1. The number of hydrogen-bond acceptors (Lipinski definition) is 6. The molecule has 0 spiro atoms. The highest BCUT2D eigenvalue weighted by molar-refractivity contribution is 9.10. The monoisotopic (exact) mass is 416 g/mol. The maximum Gasteiger partial charge on any atom is 0.325 e. The van der Waals surface area contributed by atoms with E-state index in [2.05, 4.69) is 31.4 Å². The number of benzene rings is 1. The second-order valence-corrected chi connectivity index (χ2v) is 6.86. The van der Waals surface area contributed by atoms with Crippen LogP contribution in [0.3, 0.4) is 0 Å². The van der Waals surface area contributed by atoms with E-state index in [0.717, 1.165) is 9.37 Å². The predicted octanol–water partition coefficient (Wildman–Crippen LogP) is 3.06. The molecule has 1 aromatic carbocycles. The van der Waals surface area contributed by atoms with Crippen LogP contribution in [0.25, 0.3) is 11.6 Å². The molecule has 0 radical (unpaired) electrons. The third-order valence-electron chi connectivity index (χ3n) is 4.18. The van der Waals surface area contributed by atoms with Gasteiger partial charge in [0.15, 0.2) is 5.76 Å². The lowest BCUT2D eigenvalue weighted by molar-refractivity contribution is -0.131. The number of nitrogens with zero attached hydrogens (tertiary/aromatic N) is 3. The summed E-state index contributed by atoms with van der Waals surface area (Å²) in [5.41, 5.74) is -0.486. The third kappa shape index (κ3) is 2.70. The van der Waals surface area contributed by atoms with E-state index in [0.29, 0.717) is 11.3 Å². The first-order chi connectivity index (χ1) is 12.5. The third-order valence-corrected chi connectivity index (χ3v) is 4.67. The Morgan fingerprint density at radius 3 is 2.85 bits per heavy atom. The molecule has 0 saturated carbocycles. The van der Waals surface area contributed by atoms with Crippen molar-refractivity contribution < 1.29 is 18.5 Å². The average Bonchev–Trinajstić information content (AvgIpc) is 3.33. The smallest absolute Gasteiger partial charge is 0.325 e. The summed E-state index contributed by atoms with van der Waals surface area (Å²) in [7, 11) is 0. The predicted molar refractivity (Wildman–Crippen MR) is 92.6 cm³/mol. The maximum absolute atomic E-state index is 12.9. The molecule has 8 nitrogen and oxygen atoms in total. The molecular weight excluding hydrogens is 404 g/mol. The standard InChI is InChI=1S/C17H13BrN4O4/c1-17(10-4-2-5-11(18)8-10)15(23)22(16(24)20-17)9-13-19-14(21-26-13)12-6-3-7-25-12/h2-8H,9H2,1H3,(H,20,24). The lowest BCUT2D eigenvalue weighted by atomic mass is 9.92. The number of carbonyl (C=O) groups is 2. The molecule has 1 saturated heterocycles. The van der Waals surface area contributed by atoms with Crippen molar-refractivity contribution in [1.29, 1.82) is 0 Å². The fraction of sp³-hybridized carbons (Fsp3) is 0.176. The molecule has 1 aliphatic heterocycles. The van der Waals surface area contributed by atoms with Crippen LogP contribution < -0.4 is 5.32 Å². The second-order valence-electron chi connectivity index (χ2n) is 5.95. The highest BCUT2D eigenvalue weighted by Crippen LogP contribution is 2.31. The topological polar surface area (TPSA) is 101 Å². The number of rotatable bonds is 4. The van der Waals surface area contributed by atoms with Crippen LogP contribution in [-0.4, -0.2) is 27.0 Å². The molecule has 1 aliphatic rings. The Hall–Kier alpha value is -2.94. The van der Waals surface area contributed by atoms with Crippen LogP contribution in [0.15, 0.2) is 56.1 Å². The van der Waals surface area contributed by atoms with Crippen LogP contribution in [0.5, 0.6) is 0 Å². The van der Waals surface area contributed by atoms with E-state index < -0.39 is 17.5 Å². The number of hydrogen-bond donors (Lipinski definition) is 1. The largest absolute Gasteiger partial charge is 0.461 e. The van der Waals surface area contributed by atoms with Crippen molar-refractivity contribution in [3.8, 4) is 11.6 Å². The summed E-state index contributed by atoms with van der Waals surface area (Å²) in [5.74, 6) is 0.444. The molecule has 4 rings (SSSR count). The van der Waals surface area contributed by atoms with Gasteiger partial charge in [0.2, 0.25) is 11.7 Å². The second kappa shape index (κ2) is 6.10. The van der Waals surface area contributed by atoms with Crippen molar-refractivity contribution in [2.24, 2.45) is 0 Å². The molecule has 132 valence electrons. The van der Waals surface area contributed by atoms with Crippen molar-refractivity contribution in [1.82, 2.24) is 20.4 Å². The summed E-state index contributed by atoms with van der Waals surface area (Å²) >= 11 is 3.38. The summed E-state index contributed by atoms with van der Waals surface area (Å²) in [6.07, 6.45) is 1.49. The average molecular weight is 417 g/mol. The van der Waals surface area contributed by atoms with Crippen molar-refractivity contribution >= 4 is 27.9 Å². The number of carbonyl (C=O) groups excluding carboxylic acids is 2. The van der Waals surface area contributed by atoms with Crippen LogP contribution in [0.2, 0.25) is 0 Å². The summed E-state index contributed by atoms with van der Waals surface area (Å²) < 4.78 is 11.2. The minimum Gasteiger partial charge on any atom is -0.461 e. The minimum atomic E-state index is -1.16. The van der Waals surface area contributed by atoms with Gasteiger partial charge in [0.1, 0.15) is 12.1 Å². The van der Waals surface area contributed by atoms with Gasteiger partial charge in [-0.15, -0.1) is 0 Å². The molecule has 2 aromatic heterocycles. The first kappa shape index (κ1) is 16.5. The SMILES string of the molecule is CC1(c2cccc(Br)c2)NC(=O)N(Cc2nc(-c3ccco3)no2)C1=O. The van der Waals surface area contributed by atoms with Gasteiger partial charge in [0.25, 0.3) is 5.91 Å². The lowest BCUT2D eigenvalue weighted by Gasteiger charge is -2.22. The molecule has 1 fully saturated rings. The number of halogens is 1. The summed E-state index contributed by atoms with van der Waals surface area (Å²) in [6, 6.07) is 10.1. The molecule has 1 unspecified atom stereocenters. The van der Waals surface area contributed by atoms with Crippen LogP contribution in [0.4, 0.5) is 4.79 Å². The summed E-state index contributed by atoms with van der Waals surface area (Å²) in [6.45, 7) is 1.54. The van der Waals surface area contributed by atoms with Crippen molar-refractivity contribution in [3.63, 3.8) is 0 Å². The molecule has 3 amide bonds. The fourth-order valence-corrected chi connectivity index (χ4v) is 3.20. The quantitative estimate of drug-likeness (QED) is 0.655. The number of nitrogens with one attached hydrogen (secondary N) is 1. The molecule has 26 heavy (non-hydrogen) atoms. The number of urea groups is 1. The van der Waals surface area contributed by atoms with Gasteiger partial charge < -0.3 is 14.3 Å². The maximum atomic E-state index is 12.9. The van der Waals surface area contributed by atoms with E-state index in [1.165, 1.54) is 6.26 Å². The number of amides is 3. The Morgan fingerprint density at radius 1 is 1.27 bits per heavy atom. The van der Waals surface area contributed by atoms with Gasteiger partial charge in [-0.05, 0) is 36.8 Å². The molecule has 1 atom stereocenters. The molecular formula is C17H13BrN4O4.